The molecule has 0 aromatic carbocycles. The van der Waals surface area contributed by atoms with E-state index in [1.807, 2.05) is 0 Å². The molecule has 0 fully saturated rings. The Hall–Kier alpha value is -1.09. The van der Waals surface area contributed by atoms with Gasteiger partial charge in [-0.2, -0.15) is 0 Å². The Morgan fingerprint density at radius 3 is 1.15 bits per heavy atom. The third-order valence-electron chi connectivity index (χ3n) is 2.16. The number of hydrogen-bond donors (Lipinski definition) is 6. The first-order chi connectivity index (χ1) is 11.2. The van der Waals surface area contributed by atoms with Gasteiger partial charge < -0.3 is 39.9 Å². The molecule has 146 valence electrons. The van der Waals surface area contributed by atoms with Crippen molar-refractivity contribution in [1.82, 2.24) is 9.80 Å². The van der Waals surface area contributed by atoms with E-state index in [1.54, 1.807) is 0 Å². The van der Waals surface area contributed by atoms with E-state index in [1.165, 1.54) is 0 Å². The summed E-state index contributed by atoms with van der Waals surface area (Å²) in [5.74, 6) is -5.21. The Morgan fingerprint density at radius 2 is 0.962 bits per heavy atom. The van der Waals surface area contributed by atoms with Crippen molar-refractivity contribution in [1.29, 1.82) is 0 Å². The van der Waals surface area contributed by atoms with Crippen LogP contribution in [0.25, 0.3) is 0 Å². The predicted molar refractivity (Wildman–Crippen MR) is 75.1 cm³/mol. The van der Waals surface area contributed by atoms with Crippen LogP contribution in [0.3, 0.4) is 0 Å². The van der Waals surface area contributed by atoms with Crippen molar-refractivity contribution in [2.75, 3.05) is 39.3 Å². The minimum Gasteiger partial charge on any atom is -0.549 e. The number of carboxylic acids is 4. The van der Waals surface area contributed by atoms with Crippen LogP contribution in [0.1, 0.15) is 0 Å². The molecule has 0 amide bonds. The number of carboxylic acid groups (broad SMARTS) is 4. The molecule has 0 aliphatic heterocycles. The molecule has 0 heterocycles. The number of hydrogen-bond acceptors (Lipinski definition) is 8. The molecule has 0 aromatic rings. The zero-order valence-corrected chi connectivity index (χ0v) is 16.6. The van der Waals surface area contributed by atoms with E-state index < -0.39 is 57.9 Å². The Kier molecular flexibility index (Phi) is 17.1. The van der Waals surface area contributed by atoms with Crippen LogP contribution in [0, 0.1) is 0 Å². The van der Waals surface area contributed by atoms with Crippen LogP contribution in [-0.4, -0.2) is 103 Å². The van der Waals surface area contributed by atoms with Gasteiger partial charge in [0.25, 0.3) is 0 Å². The molecule has 0 aliphatic rings. The molecule has 14 nitrogen and oxygen atoms in total. The maximum absolute atomic E-state index is 10.5. The zero-order chi connectivity index (χ0) is 20.2. The first-order valence-electron chi connectivity index (χ1n) is 6.29. The number of rotatable bonds is 11. The summed E-state index contributed by atoms with van der Waals surface area (Å²) in [5, 5.41) is 36.3. The zero-order valence-electron chi connectivity index (χ0n) is 13.7. The number of aliphatic carboxylic acids is 4. The minimum absolute atomic E-state index is 0. The van der Waals surface area contributed by atoms with Gasteiger partial charge in [0.15, 0.2) is 0 Å². The second-order valence-corrected chi connectivity index (χ2v) is 5.51. The molecule has 0 saturated carbocycles. The molecule has 6 N–H and O–H groups in total. The topological polar surface area (TPSA) is 236 Å². The van der Waals surface area contributed by atoms with Crippen molar-refractivity contribution < 1.29 is 88.4 Å². The molecular formula is C10H18N2NaO12P. The molecule has 16 heteroatoms. The fourth-order valence-corrected chi connectivity index (χ4v) is 1.47. The third kappa shape index (κ3) is 27.7. The summed E-state index contributed by atoms with van der Waals surface area (Å²) in [6, 6.07) is 0. The van der Waals surface area contributed by atoms with Crippen LogP contribution in [0.5, 0.6) is 0 Å². The first-order valence-corrected chi connectivity index (χ1v) is 7.85. The van der Waals surface area contributed by atoms with E-state index >= 15 is 0 Å². The van der Waals surface area contributed by atoms with Gasteiger partial charge in [-0.15, -0.1) is 0 Å². The summed E-state index contributed by atoms with van der Waals surface area (Å²) < 4.78 is 8.88. The van der Waals surface area contributed by atoms with E-state index in [9.17, 15) is 24.3 Å². The smallest absolute Gasteiger partial charge is 0.549 e. The van der Waals surface area contributed by atoms with Crippen molar-refractivity contribution in [2.24, 2.45) is 0 Å². The predicted octanol–water partition coefficient (Wildman–Crippen LogP) is -7.33. The van der Waals surface area contributed by atoms with E-state index in [2.05, 4.69) is 0 Å². The molecular weight excluding hydrogens is 394 g/mol. The Balaban J connectivity index is -0.000000772. The Labute approximate surface area is 169 Å². The molecule has 0 spiro atoms. The fourth-order valence-electron chi connectivity index (χ4n) is 1.47. The third-order valence-corrected chi connectivity index (χ3v) is 2.16. The Morgan fingerprint density at radius 1 is 0.731 bits per heavy atom. The van der Waals surface area contributed by atoms with Crippen molar-refractivity contribution in [3.05, 3.63) is 0 Å². The number of phosphoric acid groups is 1. The van der Waals surface area contributed by atoms with E-state index in [-0.39, 0.29) is 42.6 Å². The van der Waals surface area contributed by atoms with Gasteiger partial charge in [0.1, 0.15) is 0 Å². The van der Waals surface area contributed by atoms with Gasteiger partial charge >= 0.3 is 55.3 Å². The average molecular weight is 412 g/mol. The van der Waals surface area contributed by atoms with Crippen molar-refractivity contribution in [2.45, 2.75) is 0 Å². The summed E-state index contributed by atoms with van der Waals surface area (Å²) in [5.41, 5.74) is 0. The summed E-state index contributed by atoms with van der Waals surface area (Å²) in [7, 11) is -4.64. The average Bonchev–Trinajstić information content (AvgIpc) is 2.30. The van der Waals surface area contributed by atoms with Crippen molar-refractivity contribution >= 4 is 31.7 Å². The molecule has 0 aliphatic carbocycles. The SMILES string of the molecule is O=C([O-])CN(CCN(CC(=O)O)CC(=O)O)CC(=O)O.O=P(O)(O)O.[Na+]. The summed E-state index contributed by atoms with van der Waals surface area (Å²) in [6.07, 6.45) is 0. The molecule has 0 bridgehead atoms. The molecule has 0 unspecified atom stereocenters. The van der Waals surface area contributed by atoms with Crippen LogP contribution in [0.15, 0.2) is 0 Å². The number of nitrogens with zero attached hydrogens (tertiary/aromatic N) is 2. The largest absolute Gasteiger partial charge is 1.00 e. The van der Waals surface area contributed by atoms with Crippen molar-refractivity contribution in [3.63, 3.8) is 0 Å². The van der Waals surface area contributed by atoms with Crippen molar-refractivity contribution in [3.8, 4) is 0 Å². The summed E-state index contributed by atoms with van der Waals surface area (Å²) in [6.45, 7) is -2.50. The van der Waals surface area contributed by atoms with Gasteiger partial charge in [0, 0.05) is 19.6 Å². The summed E-state index contributed by atoms with van der Waals surface area (Å²) >= 11 is 0. The Bertz CT molecular complexity index is 448. The van der Waals surface area contributed by atoms with Crippen LogP contribution < -0.4 is 34.7 Å². The van der Waals surface area contributed by atoms with Crippen LogP contribution in [0.4, 0.5) is 0 Å². The minimum atomic E-state index is -4.64. The van der Waals surface area contributed by atoms with Gasteiger partial charge in [-0.25, -0.2) is 4.57 Å². The molecule has 0 atom stereocenters. The van der Waals surface area contributed by atoms with Crippen LogP contribution in [-0.2, 0) is 23.7 Å². The van der Waals surface area contributed by atoms with E-state index in [4.69, 9.17) is 34.6 Å². The maximum atomic E-state index is 10.5. The van der Waals surface area contributed by atoms with Gasteiger partial charge in [0.05, 0.1) is 25.6 Å². The van der Waals surface area contributed by atoms with Gasteiger partial charge in [-0.05, 0) is 0 Å². The first kappa shape index (κ1) is 29.7. The molecule has 26 heavy (non-hydrogen) atoms. The maximum Gasteiger partial charge on any atom is 1.00 e. The molecule has 0 radical (unpaired) electrons. The van der Waals surface area contributed by atoms with E-state index in [0.29, 0.717) is 0 Å². The molecule has 0 aromatic heterocycles. The number of carbonyl (C=O) groups excluding carboxylic acids is 1. The second kappa shape index (κ2) is 15.0. The number of carbonyl (C=O) groups is 4. The molecule has 0 rings (SSSR count). The van der Waals surface area contributed by atoms with Gasteiger partial charge in [-0.3, -0.25) is 24.2 Å². The second-order valence-electron chi connectivity index (χ2n) is 4.49. The molecule has 0 saturated heterocycles. The summed E-state index contributed by atoms with van der Waals surface area (Å²) in [4.78, 5) is 65.7. The normalized spacial score (nSPS) is 10.5. The van der Waals surface area contributed by atoms with Crippen LogP contribution in [0.2, 0.25) is 0 Å². The van der Waals surface area contributed by atoms with Gasteiger partial charge in [-0.1, -0.05) is 0 Å². The van der Waals surface area contributed by atoms with E-state index in [0.717, 1.165) is 9.80 Å². The van der Waals surface area contributed by atoms with Crippen LogP contribution >= 0.6 is 7.82 Å². The fraction of sp³-hybridized carbons (Fsp3) is 0.600. The van der Waals surface area contributed by atoms with Gasteiger partial charge in [0.2, 0.25) is 0 Å². The standard InChI is InChI=1S/C10H16N2O8.Na.H3O4P/c13-7(14)3-11(4-8(15)16)1-2-12(5-9(17)18)6-10(19)20;;1-5(2,3)4/h1-6H2,(H,13,14)(H,15,16)(H,17,18)(H,19,20);;(H3,1,2,3,4)/q;+1;/p-1. The quantitative estimate of drug-likeness (QED) is 0.137. The monoisotopic (exact) mass is 412 g/mol.